The molecule has 0 unspecified atom stereocenters. The van der Waals surface area contributed by atoms with Crippen LogP contribution in [-0.4, -0.2) is 30.8 Å². The first-order chi connectivity index (χ1) is 8.69. The first-order valence-corrected chi connectivity index (χ1v) is 6.01. The molecule has 1 rings (SSSR count). The highest BCUT2D eigenvalue weighted by molar-refractivity contribution is 7.97. The lowest BCUT2D eigenvalue weighted by Gasteiger charge is -2.14. The molecular weight excluding hydrogens is 256 g/mol. The summed E-state index contributed by atoms with van der Waals surface area (Å²) in [6.07, 6.45) is 0. The molecule has 1 N–H and O–H groups in total. The molecule has 0 aliphatic heterocycles. The van der Waals surface area contributed by atoms with Gasteiger partial charge in [0.15, 0.2) is 0 Å². The third-order valence-electron chi connectivity index (χ3n) is 2.12. The fourth-order valence-corrected chi connectivity index (χ4v) is 1.68. The van der Waals surface area contributed by atoms with Gasteiger partial charge >= 0.3 is 5.97 Å². The summed E-state index contributed by atoms with van der Waals surface area (Å²) < 4.78 is 7.12. The number of nitrogens with one attached hydrogen (secondary N) is 1. The van der Waals surface area contributed by atoms with E-state index >= 15 is 0 Å². The number of rotatable bonds is 6. The molecule has 0 spiro atoms. The Kier molecular flexibility index (Phi) is 5.86. The highest BCUT2D eigenvalue weighted by Crippen LogP contribution is 2.06. The highest BCUT2D eigenvalue weighted by atomic mass is 32.2. The summed E-state index contributed by atoms with van der Waals surface area (Å²) in [7, 11) is 1.21. The molecule has 96 valence electrons. The van der Waals surface area contributed by atoms with Gasteiger partial charge in [-0.15, -0.1) is 4.91 Å². The molecule has 1 atom stereocenters. The number of hydrogen-bond acceptors (Lipinski definition) is 6. The van der Waals surface area contributed by atoms with E-state index in [1.54, 1.807) is 30.3 Å². The van der Waals surface area contributed by atoms with Crippen molar-refractivity contribution in [3.63, 3.8) is 0 Å². The molecule has 0 fully saturated rings. The van der Waals surface area contributed by atoms with Gasteiger partial charge in [-0.25, -0.2) is 4.79 Å². The second-order valence-electron chi connectivity index (χ2n) is 3.29. The molecule has 0 heterocycles. The quantitative estimate of drug-likeness (QED) is 0.478. The van der Waals surface area contributed by atoms with Crippen LogP contribution in [0.3, 0.4) is 0 Å². The molecule has 0 saturated carbocycles. The molecule has 1 amide bonds. The smallest absolute Gasteiger partial charge is 0.329 e. The lowest BCUT2D eigenvalue weighted by molar-refractivity contribution is -0.142. The topological polar surface area (TPSA) is 84.8 Å². The number of amides is 1. The number of methoxy groups -OCH3 is 1. The van der Waals surface area contributed by atoms with E-state index in [1.807, 2.05) is 0 Å². The first kappa shape index (κ1) is 14.2. The Morgan fingerprint density at radius 1 is 1.39 bits per heavy atom. The van der Waals surface area contributed by atoms with E-state index < -0.39 is 17.9 Å². The van der Waals surface area contributed by atoms with Crippen LogP contribution in [-0.2, 0) is 9.53 Å². The van der Waals surface area contributed by atoms with Gasteiger partial charge in [-0.2, -0.15) is 0 Å². The summed E-state index contributed by atoms with van der Waals surface area (Å²) in [6.45, 7) is 0. The van der Waals surface area contributed by atoms with Gasteiger partial charge in [0.1, 0.15) is 6.04 Å². The largest absolute Gasteiger partial charge is 0.467 e. The maximum atomic E-state index is 11.8. The summed E-state index contributed by atoms with van der Waals surface area (Å²) in [5.41, 5.74) is 0.426. The van der Waals surface area contributed by atoms with E-state index in [4.69, 9.17) is 0 Å². The van der Waals surface area contributed by atoms with Crippen molar-refractivity contribution in [2.24, 2.45) is 4.58 Å². The minimum atomic E-state index is -0.898. The average Bonchev–Trinajstić information content (AvgIpc) is 2.43. The van der Waals surface area contributed by atoms with Gasteiger partial charge in [-0.05, 0) is 12.1 Å². The third-order valence-corrected chi connectivity index (χ3v) is 2.71. The number of ether oxygens (including phenoxy) is 1. The lowest BCUT2D eigenvalue weighted by atomic mass is 10.2. The predicted molar refractivity (Wildman–Crippen MR) is 68.0 cm³/mol. The van der Waals surface area contributed by atoms with Gasteiger partial charge in [0.25, 0.3) is 5.91 Å². The summed E-state index contributed by atoms with van der Waals surface area (Å²) >= 11 is 0.651. The molecule has 0 saturated heterocycles. The van der Waals surface area contributed by atoms with Crippen molar-refractivity contribution in [3.8, 4) is 0 Å². The van der Waals surface area contributed by atoms with Gasteiger partial charge in [0.2, 0.25) is 0 Å². The molecule has 0 radical (unpaired) electrons. The van der Waals surface area contributed by atoms with Gasteiger partial charge in [0, 0.05) is 27.8 Å². The Labute approximate surface area is 108 Å². The Morgan fingerprint density at radius 3 is 2.61 bits per heavy atom. The van der Waals surface area contributed by atoms with Crippen LogP contribution in [0.15, 0.2) is 34.9 Å². The van der Waals surface area contributed by atoms with Crippen molar-refractivity contribution in [1.29, 1.82) is 0 Å². The van der Waals surface area contributed by atoms with Gasteiger partial charge in [-0.1, -0.05) is 18.2 Å². The zero-order valence-corrected chi connectivity index (χ0v) is 10.5. The number of nitrogens with zero attached hydrogens (tertiary/aromatic N) is 1. The molecule has 0 aromatic heterocycles. The second kappa shape index (κ2) is 7.44. The van der Waals surface area contributed by atoms with Crippen molar-refractivity contribution in [3.05, 3.63) is 40.8 Å². The van der Waals surface area contributed by atoms with Crippen LogP contribution < -0.4 is 5.32 Å². The minimum Gasteiger partial charge on any atom is -0.467 e. The Morgan fingerprint density at radius 2 is 2.06 bits per heavy atom. The maximum Gasteiger partial charge on any atom is 0.329 e. The van der Waals surface area contributed by atoms with Crippen LogP contribution in [0.5, 0.6) is 0 Å². The molecule has 1 aromatic carbocycles. The summed E-state index contributed by atoms with van der Waals surface area (Å²) in [5, 5.41) is 2.49. The number of hydrogen-bond donors (Lipinski definition) is 1. The predicted octanol–water partition coefficient (Wildman–Crippen LogP) is 1.37. The standard InChI is InChI=1S/C11H12N2O4S/c1-17-11(15)9(7-18-13-16)12-10(14)8-5-3-2-4-6-8/h2-6,9H,7H2,1H3,(H,12,14)/t9-/m0/s1. The second-order valence-corrected chi connectivity index (χ2v) is 4.03. The van der Waals surface area contributed by atoms with E-state index in [2.05, 4.69) is 14.6 Å². The van der Waals surface area contributed by atoms with Crippen LogP contribution >= 0.6 is 11.9 Å². The van der Waals surface area contributed by atoms with E-state index in [9.17, 15) is 14.5 Å². The Balaban J connectivity index is 2.68. The minimum absolute atomic E-state index is 0.0365. The maximum absolute atomic E-state index is 11.8. The molecule has 6 nitrogen and oxygen atoms in total. The van der Waals surface area contributed by atoms with Crippen LogP contribution in [0.1, 0.15) is 10.4 Å². The Hall–Kier alpha value is -1.89. The SMILES string of the molecule is COC(=O)[C@H](CSN=O)NC(=O)c1ccccc1. The number of esters is 1. The number of nitroso groups, excluding NO2 is 1. The van der Waals surface area contributed by atoms with Gasteiger partial charge in [0.05, 0.1) is 7.11 Å². The molecule has 0 aliphatic carbocycles. The third kappa shape index (κ3) is 4.17. The zero-order valence-electron chi connectivity index (χ0n) is 9.66. The van der Waals surface area contributed by atoms with Crippen LogP contribution in [0.25, 0.3) is 0 Å². The monoisotopic (exact) mass is 268 g/mol. The zero-order chi connectivity index (χ0) is 13.4. The van der Waals surface area contributed by atoms with Crippen molar-refractivity contribution in [2.75, 3.05) is 12.9 Å². The Bertz CT molecular complexity index is 424. The van der Waals surface area contributed by atoms with Crippen LogP contribution in [0.4, 0.5) is 0 Å². The van der Waals surface area contributed by atoms with Crippen LogP contribution in [0.2, 0.25) is 0 Å². The van der Waals surface area contributed by atoms with Crippen molar-refractivity contribution in [2.45, 2.75) is 6.04 Å². The fourth-order valence-electron chi connectivity index (χ4n) is 1.25. The van der Waals surface area contributed by atoms with E-state index in [1.165, 1.54) is 7.11 Å². The number of benzene rings is 1. The molecule has 7 heteroatoms. The average molecular weight is 268 g/mol. The lowest BCUT2D eigenvalue weighted by Crippen LogP contribution is -2.43. The normalized spacial score (nSPS) is 11.4. The van der Waals surface area contributed by atoms with E-state index in [0.29, 0.717) is 17.5 Å². The number of carbonyl (C=O) groups excluding carboxylic acids is 2. The van der Waals surface area contributed by atoms with Gasteiger partial charge in [-0.3, -0.25) is 4.79 Å². The summed E-state index contributed by atoms with van der Waals surface area (Å²) in [5.74, 6) is -0.984. The summed E-state index contributed by atoms with van der Waals surface area (Å²) in [4.78, 5) is 33.2. The summed E-state index contributed by atoms with van der Waals surface area (Å²) in [6, 6.07) is 7.54. The van der Waals surface area contributed by atoms with Gasteiger partial charge < -0.3 is 10.1 Å². The first-order valence-electron chi connectivity index (χ1n) is 5.07. The molecule has 0 aliphatic rings. The van der Waals surface area contributed by atoms with Crippen molar-refractivity contribution in [1.82, 2.24) is 5.32 Å². The molecular formula is C11H12N2O4S. The molecule has 0 bridgehead atoms. The number of carbonyl (C=O) groups is 2. The molecule has 1 aromatic rings. The highest BCUT2D eigenvalue weighted by Gasteiger charge is 2.22. The fraction of sp³-hybridized carbons (Fsp3) is 0.273. The van der Waals surface area contributed by atoms with E-state index in [-0.39, 0.29) is 5.75 Å². The van der Waals surface area contributed by atoms with E-state index in [0.717, 1.165) is 0 Å². The molecule has 18 heavy (non-hydrogen) atoms. The van der Waals surface area contributed by atoms with Crippen molar-refractivity contribution < 1.29 is 14.3 Å². The van der Waals surface area contributed by atoms with Crippen molar-refractivity contribution >= 4 is 23.8 Å². The van der Waals surface area contributed by atoms with Crippen LogP contribution in [0, 0.1) is 4.91 Å².